The Kier molecular flexibility index (Phi) is 3.83. The predicted molar refractivity (Wildman–Crippen MR) is 88.4 cm³/mol. The first-order valence-corrected chi connectivity index (χ1v) is 7.23. The van der Waals surface area contributed by atoms with E-state index in [0.29, 0.717) is 27.5 Å². The van der Waals surface area contributed by atoms with Crippen LogP contribution in [0.2, 0.25) is 5.02 Å². The Balaban J connectivity index is 2.23. The van der Waals surface area contributed by atoms with Crippen LogP contribution in [0.1, 0.15) is 16.7 Å². The third-order valence-corrected chi connectivity index (χ3v) is 3.82. The minimum atomic E-state index is -0.485. The fraction of sp³-hybridized carbons (Fsp3) is 0.125. The highest BCUT2D eigenvalue weighted by Crippen LogP contribution is 2.29. The number of non-ortho nitro benzene ring substituents is 1. The van der Waals surface area contributed by atoms with E-state index in [1.807, 2.05) is 13.0 Å². The van der Waals surface area contributed by atoms with Crippen LogP contribution in [0, 0.1) is 17.0 Å². The summed E-state index contributed by atoms with van der Waals surface area (Å²) in [4.78, 5) is 26.7. The van der Waals surface area contributed by atoms with E-state index in [0.717, 1.165) is 5.56 Å². The summed E-state index contributed by atoms with van der Waals surface area (Å²) in [6.45, 7) is 1.84. The summed E-state index contributed by atoms with van der Waals surface area (Å²) in [6.07, 6.45) is 0. The van der Waals surface area contributed by atoms with Gasteiger partial charge in [-0.25, -0.2) is 0 Å². The van der Waals surface area contributed by atoms with Crippen LogP contribution in [-0.4, -0.2) is 23.1 Å². The molecule has 23 heavy (non-hydrogen) atoms. The van der Waals surface area contributed by atoms with Crippen molar-refractivity contribution >= 4 is 34.6 Å². The van der Waals surface area contributed by atoms with Crippen LogP contribution in [0.5, 0.6) is 0 Å². The highest BCUT2D eigenvalue weighted by Gasteiger charge is 2.22. The molecule has 0 spiro atoms. The topological polar surface area (TPSA) is 84.6 Å². The van der Waals surface area contributed by atoms with Crippen molar-refractivity contribution in [1.82, 2.24) is 0 Å². The molecule has 0 atom stereocenters. The molecule has 1 amide bonds. The highest BCUT2D eigenvalue weighted by molar-refractivity contribution is 6.36. The second-order valence-corrected chi connectivity index (χ2v) is 5.59. The Bertz CT molecular complexity index is 862. The summed E-state index contributed by atoms with van der Waals surface area (Å²) >= 11 is 6.30. The number of hydrogen-bond acceptors (Lipinski definition) is 4. The number of rotatable bonds is 2. The van der Waals surface area contributed by atoms with Gasteiger partial charge in [-0.1, -0.05) is 23.7 Å². The molecule has 1 N–H and O–H groups in total. The number of halogens is 1. The Morgan fingerprint density at radius 2 is 2.00 bits per heavy atom. The number of anilines is 1. The zero-order chi connectivity index (χ0) is 16.6. The summed E-state index contributed by atoms with van der Waals surface area (Å²) in [5.74, 6) is -0.279. The van der Waals surface area contributed by atoms with Crippen LogP contribution < -0.4 is 5.32 Å². The van der Waals surface area contributed by atoms with Crippen LogP contribution in [0.3, 0.4) is 0 Å². The van der Waals surface area contributed by atoms with Crippen LogP contribution in [0.25, 0.3) is 0 Å². The number of aryl methyl sites for hydroxylation is 1. The van der Waals surface area contributed by atoms with Crippen molar-refractivity contribution in [3.63, 3.8) is 0 Å². The predicted octanol–water partition coefficient (Wildman–Crippen LogP) is 3.35. The van der Waals surface area contributed by atoms with Gasteiger partial charge in [0.05, 0.1) is 21.3 Å². The van der Waals surface area contributed by atoms with Crippen LogP contribution >= 0.6 is 11.6 Å². The van der Waals surface area contributed by atoms with Gasteiger partial charge < -0.3 is 5.32 Å². The van der Waals surface area contributed by atoms with Gasteiger partial charge in [0.1, 0.15) is 6.54 Å². The number of nitro groups is 1. The summed E-state index contributed by atoms with van der Waals surface area (Å²) in [7, 11) is 0. The van der Waals surface area contributed by atoms with E-state index in [1.165, 1.54) is 18.2 Å². The van der Waals surface area contributed by atoms with Crippen molar-refractivity contribution in [2.24, 2.45) is 4.99 Å². The summed E-state index contributed by atoms with van der Waals surface area (Å²) in [5.41, 5.74) is 2.98. The molecule has 0 aromatic heterocycles. The zero-order valence-electron chi connectivity index (χ0n) is 12.2. The molecule has 2 aromatic carbocycles. The molecular formula is C16H12ClN3O3. The molecule has 7 heteroatoms. The van der Waals surface area contributed by atoms with Crippen molar-refractivity contribution in [3.05, 3.63) is 68.2 Å². The number of benzene rings is 2. The quantitative estimate of drug-likeness (QED) is 0.677. The molecule has 6 nitrogen and oxygen atoms in total. The number of aliphatic imine (C=N–C) groups is 1. The lowest BCUT2D eigenvalue weighted by molar-refractivity contribution is -0.384. The fourth-order valence-electron chi connectivity index (χ4n) is 2.42. The first kappa shape index (κ1) is 15.2. The summed E-state index contributed by atoms with van der Waals surface area (Å²) in [5, 5.41) is 14.2. The maximum Gasteiger partial charge on any atom is 0.270 e. The van der Waals surface area contributed by atoms with Crippen LogP contribution in [0.15, 0.2) is 41.4 Å². The second kappa shape index (κ2) is 5.81. The third kappa shape index (κ3) is 2.93. The van der Waals surface area contributed by atoms with Gasteiger partial charge >= 0.3 is 0 Å². The van der Waals surface area contributed by atoms with E-state index in [-0.39, 0.29) is 18.1 Å². The number of nitrogens with zero attached hydrogens (tertiary/aromatic N) is 2. The average molecular weight is 330 g/mol. The number of carbonyl (C=O) groups excluding carboxylic acids is 1. The molecule has 116 valence electrons. The first-order chi connectivity index (χ1) is 11.0. The van der Waals surface area contributed by atoms with E-state index in [4.69, 9.17) is 11.6 Å². The minimum Gasteiger partial charge on any atom is -0.324 e. The van der Waals surface area contributed by atoms with Crippen molar-refractivity contribution in [2.75, 3.05) is 11.9 Å². The van der Waals surface area contributed by atoms with E-state index in [9.17, 15) is 14.9 Å². The number of nitrogens with one attached hydrogen (secondary N) is 1. The molecule has 0 aliphatic carbocycles. The molecule has 0 saturated heterocycles. The average Bonchev–Trinajstić information content (AvgIpc) is 2.65. The molecule has 1 aliphatic heterocycles. The van der Waals surface area contributed by atoms with Gasteiger partial charge in [0.25, 0.3) is 5.69 Å². The van der Waals surface area contributed by atoms with Crippen molar-refractivity contribution in [2.45, 2.75) is 6.92 Å². The van der Waals surface area contributed by atoms with E-state index in [1.54, 1.807) is 12.1 Å². The van der Waals surface area contributed by atoms with Crippen LogP contribution in [-0.2, 0) is 4.79 Å². The molecule has 0 radical (unpaired) electrons. The smallest absolute Gasteiger partial charge is 0.270 e. The Labute approximate surface area is 137 Å². The Morgan fingerprint density at radius 1 is 1.22 bits per heavy atom. The number of amides is 1. The zero-order valence-corrected chi connectivity index (χ0v) is 12.9. The second-order valence-electron chi connectivity index (χ2n) is 5.18. The van der Waals surface area contributed by atoms with E-state index in [2.05, 4.69) is 10.3 Å². The maximum absolute atomic E-state index is 11.8. The van der Waals surface area contributed by atoms with Gasteiger partial charge in [0, 0.05) is 23.3 Å². The monoisotopic (exact) mass is 329 g/mol. The molecule has 0 saturated carbocycles. The third-order valence-electron chi connectivity index (χ3n) is 3.50. The largest absolute Gasteiger partial charge is 0.324 e. The molecule has 0 bridgehead atoms. The lowest BCUT2D eigenvalue weighted by atomic mass is 9.99. The summed E-state index contributed by atoms with van der Waals surface area (Å²) < 4.78 is 0. The summed E-state index contributed by atoms with van der Waals surface area (Å²) in [6, 6.07) is 9.72. The van der Waals surface area contributed by atoms with Gasteiger partial charge in [0.15, 0.2) is 0 Å². The molecule has 0 fully saturated rings. The van der Waals surface area contributed by atoms with Gasteiger partial charge in [-0.2, -0.15) is 0 Å². The molecule has 1 heterocycles. The Morgan fingerprint density at radius 3 is 2.70 bits per heavy atom. The number of hydrogen-bond donors (Lipinski definition) is 1. The SMILES string of the molecule is Cc1ccc(C2=NCC(=O)Nc3ccc([N+](=O)[O-])cc32)c(Cl)c1. The first-order valence-electron chi connectivity index (χ1n) is 6.85. The molecule has 2 aromatic rings. The van der Waals surface area contributed by atoms with Gasteiger partial charge in [0.2, 0.25) is 5.91 Å². The highest BCUT2D eigenvalue weighted by atomic mass is 35.5. The van der Waals surface area contributed by atoms with Crippen molar-refractivity contribution in [3.8, 4) is 0 Å². The Hall–Kier alpha value is -2.73. The molecule has 0 unspecified atom stereocenters. The number of benzodiazepines with no additional fused rings is 1. The number of nitro benzene ring substituents is 1. The fourth-order valence-corrected chi connectivity index (χ4v) is 2.74. The van der Waals surface area contributed by atoms with Crippen molar-refractivity contribution < 1.29 is 9.72 Å². The van der Waals surface area contributed by atoms with Crippen LogP contribution in [0.4, 0.5) is 11.4 Å². The lowest BCUT2D eigenvalue weighted by Gasteiger charge is -2.11. The standard InChI is InChI=1S/C16H12ClN3O3/c1-9-2-4-11(13(17)6-9)16-12-7-10(20(22)23)3-5-14(12)19-15(21)8-18-16/h2-7H,8H2,1H3,(H,19,21). The maximum atomic E-state index is 11.8. The van der Waals surface area contributed by atoms with Crippen molar-refractivity contribution in [1.29, 1.82) is 0 Å². The number of fused-ring (bicyclic) bond motifs is 1. The number of carbonyl (C=O) groups is 1. The van der Waals surface area contributed by atoms with E-state index < -0.39 is 4.92 Å². The molecular weight excluding hydrogens is 318 g/mol. The van der Waals surface area contributed by atoms with Gasteiger partial charge in [-0.05, 0) is 24.6 Å². The van der Waals surface area contributed by atoms with E-state index >= 15 is 0 Å². The van der Waals surface area contributed by atoms with Gasteiger partial charge in [-0.15, -0.1) is 0 Å². The molecule has 1 aliphatic rings. The lowest BCUT2D eigenvalue weighted by Crippen LogP contribution is -2.13. The normalized spacial score (nSPS) is 13.7. The molecule has 3 rings (SSSR count). The van der Waals surface area contributed by atoms with Gasteiger partial charge in [-0.3, -0.25) is 19.9 Å². The minimum absolute atomic E-state index is 0.0674.